The summed E-state index contributed by atoms with van der Waals surface area (Å²) >= 11 is 0. The van der Waals surface area contributed by atoms with Gasteiger partial charge in [-0.05, 0) is 32.6 Å². The molecular weight excluding hydrogens is 261 g/mol. The summed E-state index contributed by atoms with van der Waals surface area (Å²) in [5.74, 6) is 0.887. The molecule has 4 nitrogen and oxygen atoms in total. The third-order valence-electron chi connectivity index (χ3n) is 3.27. The van der Waals surface area contributed by atoms with Gasteiger partial charge in [-0.1, -0.05) is 13.8 Å². The number of rotatable bonds is 6. The van der Waals surface area contributed by atoms with Gasteiger partial charge in [0, 0.05) is 19.0 Å². The molecule has 0 saturated carbocycles. The minimum absolute atomic E-state index is 0. The molecule has 1 amide bonds. The fourth-order valence-corrected chi connectivity index (χ4v) is 1.57. The molecule has 1 aliphatic rings. The zero-order valence-electron chi connectivity index (χ0n) is 10.9. The zero-order valence-corrected chi connectivity index (χ0v) is 12.5. The molecule has 104 valence electrons. The number of carbonyl (C=O) groups is 1. The van der Waals surface area contributed by atoms with Crippen LogP contribution in [0.3, 0.4) is 0 Å². The van der Waals surface area contributed by atoms with Gasteiger partial charge in [-0.25, -0.2) is 0 Å². The number of nitrogens with one attached hydrogen (secondary N) is 2. The number of hydrogen-bond acceptors (Lipinski definition) is 3. The maximum Gasteiger partial charge on any atom is 0.223 e. The van der Waals surface area contributed by atoms with Crippen molar-refractivity contribution in [1.82, 2.24) is 15.5 Å². The lowest BCUT2D eigenvalue weighted by atomic mass is 9.88. The van der Waals surface area contributed by atoms with E-state index >= 15 is 0 Å². The van der Waals surface area contributed by atoms with Crippen LogP contribution in [-0.4, -0.2) is 50.6 Å². The molecule has 1 saturated heterocycles. The van der Waals surface area contributed by atoms with E-state index in [2.05, 4.69) is 29.5 Å². The van der Waals surface area contributed by atoms with Gasteiger partial charge in [0.25, 0.3) is 0 Å². The maximum absolute atomic E-state index is 11.7. The Bertz CT molecular complexity index is 213. The van der Waals surface area contributed by atoms with E-state index in [0.717, 1.165) is 32.7 Å². The highest BCUT2D eigenvalue weighted by Gasteiger charge is 2.28. The first-order valence-corrected chi connectivity index (χ1v) is 5.82. The number of amides is 1. The lowest BCUT2D eigenvalue weighted by Gasteiger charge is -2.31. The smallest absolute Gasteiger partial charge is 0.223 e. The first-order valence-electron chi connectivity index (χ1n) is 5.82. The highest BCUT2D eigenvalue weighted by atomic mass is 35.5. The topological polar surface area (TPSA) is 44.4 Å². The summed E-state index contributed by atoms with van der Waals surface area (Å²) in [4.78, 5) is 13.9. The maximum atomic E-state index is 11.7. The second kappa shape index (κ2) is 9.95. The minimum Gasteiger partial charge on any atom is -0.355 e. The fraction of sp³-hybridized carbons (Fsp3) is 0.909. The van der Waals surface area contributed by atoms with Gasteiger partial charge in [0.1, 0.15) is 0 Å². The minimum atomic E-state index is 0. The first kappa shape index (κ1) is 19.3. The van der Waals surface area contributed by atoms with Crippen LogP contribution in [0.5, 0.6) is 0 Å². The Morgan fingerprint density at radius 3 is 2.47 bits per heavy atom. The van der Waals surface area contributed by atoms with Crippen molar-refractivity contribution in [2.24, 2.45) is 11.8 Å². The standard InChI is InChI=1S/C11H23N3O.2ClH/c1-4-14(3)6-5-13-11(15)9(2)10-7-12-8-10;;/h9-10,12H,4-8H2,1-3H3,(H,13,15);2*1H. The van der Waals surface area contributed by atoms with Gasteiger partial charge in [0.2, 0.25) is 5.91 Å². The van der Waals surface area contributed by atoms with Crippen LogP contribution in [0.15, 0.2) is 0 Å². The highest BCUT2D eigenvalue weighted by molar-refractivity contribution is 5.85. The quantitative estimate of drug-likeness (QED) is 0.757. The molecule has 1 atom stereocenters. The summed E-state index contributed by atoms with van der Waals surface area (Å²) in [5, 5.41) is 6.18. The van der Waals surface area contributed by atoms with E-state index in [4.69, 9.17) is 0 Å². The van der Waals surface area contributed by atoms with Gasteiger partial charge in [0.05, 0.1) is 0 Å². The summed E-state index contributed by atoms with van der Waals surface area (Å²) in [6, 6.07) is 0. The fourth-order valence-electron chi connectivity index (χ4n) is 1.57. The SMILES string of the molecule is CCN(C)CCNC(=O)C(C)C1CNC1.Cl.Cl. The Balaban J connectivity index is 0. The molecular formula is C11H25Cl2N3O. The van der Waals surface area contributed by atoms with E-state index in [1.165, 1.54) is 0 Å². The predicted octanol–water partition coefficient (Wildman–Crippen LogP) is 0.753. The Hall–Kier alpha value is -0.0300. The molecule has 0 aromatic heterocycles. The van der Waals surface area contributed by atoms with E-state index in [-0.39, 0.29) is 36.6 Å². The number of hydrogen-bond donors (Lipinski definition) is 2. The van der Waals surface area contributed by atoms with Gasteiger partial charge >= 0.3 is 0 Å². The molecule has 0 aromatic rings. The van der Waals surface area contributed by atoms with E-state index in [1.807, 2.05) is 6.92 Å². The van der Waals surface area contributed by atoms with Crippen molar-refractivity contribution < 1.29 is 4.79 Å². The number of nitrogens with zero attached hydrogens (tertiary/aromatic N) is 1. The van der Waals surface area contributed by atoms with Crippen LogP contribution < -0.4 is 10.6 Å². The van der Waals surface area contributed by atoms with Crippen molar-refractivity contribution in [3.8, 4) is 0 Å². The highest BCUT2D eigenvalue weighted by Crippen LogP contribution is 2.15. The molecule has 0 radical (unpaired) electrons. The van der Waals surface area contributed by atoms with Gasteiger partial charge < -0.3 is 15.5 Å². The van der Waals surface area contributed by atoms with Crippen LogP contribution in [0, 0.1) is 11.8 Å². The first-order chi connectivity index (χ1) is 7.15. The van der Waals surface area contributed by atoms with Crippen LogP contribution >= 0.6 is 24.8 Å². The van der Waals surface area contributed by atoms with Crippen LogP contribution in [0.25, 0.3) is 0 Å². The second-order valence-electron chi connectivity index (χ2n) is 4.39. The molecule has 0 spiro atoms. The van der Waals surface area contributed by atoms with Gasteiger partial charge in [-0.3, -0.25) is 4.79 Å². The molecule has 6 heteroatoms. The van der Waals surface area contributed by atoms with Crippen molar-refractivity contribution >= 4 is 30.7 Å². The Kier molecular flexibility index (Phi) is 11.3. The second-order valence-corrected chi connectivity index (χ2v) is 4.39. The molecule has 1 unspecified atom stereocenters. The number of carbonyl (C=O) groups excluding carboxylic acids is 1. The van der Waals surface area contributed by atoms with E-state index in [9.17, 15) is 4.79 Å². The predicted molar refractivity (Wildman–Crippen MR) is 76.2 cm³/mol. The van der Waals surface area contributed by atoms with Crippen LogP contribution in [0.2, 0.25) is 0 Å². The van der Waals surface area contributed by atoms with Crippen molar-refractivity contribution in [1.29, 1.82) is 0 Å². The van der Waals surface area contributed by atoms with E-state index in [1.54, 1.807) is 0 Å². The molecule has 1 heterocycles. The monoisotopic (exact) mass is 285 g/mol. The summed E-state index contributed by atoms with van der Waals surface area (Å²) in [5.41, 5.74) is 0. The van der Waals surface area contributed by atoms with Crippen molar-refractivity contribution in [3.63, 3.8) is 0 Å². The molecule has 17 heavy (non-hydrogen) atoms. The van der Waals surface area contributed by atoms with E-state index in [0.29, 0.717) is 5.92 Å². The lowest BCUT2D eigenvalue weighted by molar-refractivity contribution is -0.126. The summed E-state index contributed by atoms with van der Waals surface area (Å²) < 4.78 is 0. The molecule has 1 aliphatic heterocycles. The van der Waals surface area contributed by atoms with Crippen molar-refractivity contribution in [2.75, 3.05) is 39.8 Å². The van der Waals surface area contributed by atoms with Gasteiger partial charge in [-0.15, -0.1) is 24.8 Å². The third-order valence-corrected chi connectivity index (χ3v) is 3.27. The van der Waals surface area contributed by atoms with Gasteiger partial charge in [0.15, 0.2) is 0 Å². The Labute approximate surface area is 117 Å². The number of halogens is 2. The largest absolute Gasteiger partial charge is 0.355 e. The normalized spacial score (nSPS) is 16.5. The number of likely N-dealkylation sites (N-methyl/N-ethyl adjacent to an activating group) is 1. The molecule has 0 aliphatic carbocycles. The summed E-state index contributed by atoms with van der Waals surface area (Å²) in [6.07, 6.45) is 0. The van der Waals surface area contributed by atoms with Crippen molar-refractivity contribution in [3.05, 3.63) is 0 Å². The summed E-state index contributed by atoms with van der Waals surface area (Å²) in [7, 11) is 2.06. The molecule has 1 fully saturated rings. The Morgan fingerprint density at radius 2 is 2.06 bits per heavy atom. The van der Waals surface area contributed by atoms with Gasteiger partial charge in [-0.2, -0.15) is 0 Å². The molecule has 0 bridgehead atoms. The Morgan fingerprint density at radius 1 is 1.47 bits per heavy atom. The van der Waals surface area contributed by atoms with Crippen LogP contribution in [0.1, 0.15) is 13.8 Å². The lowest BCUT2D eigenvalue weighted by Crippen LogP contribution is -2.50. The average molecular weight is 286 g/mol. The van der Waals surface area contributed by atoms with Crippen LogP contribution in [0.4, 0.5) is 0 Å². The average Bonchev–Trinajstić information content (AvgIpc) is 2.14. The van der Waals surface area contributed by atoms with Crippen molar-refractivity contribution in [2.45, 2.75) is 13.8 Å². The molecule has 0 aromatic carbocycles. The van der Waals surface area contributed by atoms with E-state index < -0.39 is 0 Å². The third kappa shape index (κ3) is 6.46. The molecule has 1 rings (SSSR count). The summed E-state index contributed by atoms with van der Waals surface area (Å²) in [6.45, 7) is 8.82. The zero-order chi connectivity index (χ0) is 11.3. The molecule has 2 N–H and O–H groups in total. The van der Waals surface area contributed by atoms with Crippen LogP contribution in [-0.2, 0) is 4.79 Å².